The van der Waals surface area contributed by atoms with E-state index in [1.807, 2.05) is 24.3 Å². The van der Waals surface area contributed by atoms with Gasteiger partial charge in [0, 0.05) is 17.7 Å². The summed E-state index contributed by atoms with van der Waals surface area (Å²) in [5.41, 5.74) is 2.12. The van der Waals surface area contributed by atoms with Crippen LogP contribution in [0.1, 0.15) is 5.56 Å². The van der Waals surface area contributed by atoms with Crippen LogP contribution in [0.15, 0.2) is 34.9 Å². The van der Waals surface area contributed by atoms with Gasteiger partial charge in [0.05, 0.1) is 0 Å². The number of benzene rings is 1. The molecular weight excluding hydrogens is 152 g/mol. The van der Waals surface area contributed by atoms with Gasteiger partial charge in [-0.15, -0.1) is 0 Å². The highest BCUT2D eigenvalue weighted by Crippen LogP contribution is 2.34. The van der Waals surface area contributed by atoms with Crippen LogP contribution in [0.4, 0.5) is 0 Å². The van der Waals surface area contributed by atoms with Crippen molar-refractivity contribution in [1.82, 2.24) is 0 Å². The molecule has 0 radical (unpaired) electrons. The minimum atomic E-state index is 0.673. The molecule has 0 atom stereocenters. The zero-order valence-electron chi connectivity index (χ0n) is 6.41. The van der Waals surface area contributed by atoms with Gasteiger partial charge in [-0.3, -0.25) is 0 Å². The Hall–Kier alpha value is -1.57. The predicted octanol–water partition coefficient (Wildman–Crippen LogP) is 2.61. The average Bonchev–Trinajstić information content (AvgIpc) is 2.52. The Bertz CT molecular complexity index is 410. The van der Waals surface area contributed by atoms with Crippen LogP contribution in [-0.4, -0.2) is 0 Å². The molecule has 0 unspecified atom stereocenters. The molecule has 0 saturated heterocycles. The molecule has 0 spiro atoms. The van der Waals surface area contributed by atoms with Crippen LogP contribution in [0.5, 0.6) is 5.75 Å². The van der Waals surface area contributed by atoms with E-state index < -0.39 is 0 Å². The van der Waals surface area contributed by atoms with Gasteiger partial charge in [0.2, 0.25) is 0 Å². The van der Waals surface area contributed by atoms with Crippen molar-refractivity contribution < 1.29 is 9.15 Å². The minimum Gasteiger partial charge on any atom is -0.488 e. The lowest BCUT2D eigenvalue weighted by atomic mass is 10.1. The molecule has 1 aromatic carbocycles. The molecule has 12 heavy (non-hydrogen) atoms. The molecule has 1 aliphatic rings. The maximum Gasteiger partial charge on any atom is 0.363 e. The van der Waals surface area contributed by atoms with Gasteiger partial charge in [-0.25, -0.2) is 4.42 Å². The zero-order chi connectivity index (χ0) is 7.97. The molecule has 0 N–H and O–H groups in total. The van der Waals surface area contributed by atoms with E-state index in [-0.39, 0.29) is 0 Å². The first-order valence-electron chi connectivity index (χ1n) is 3.90. The van der Waals surface area contributed by atoms with E-state index in [1.54, 1.807) is 6.26 Å². The van der Waals surface area contributed by atoms with E-state index in [1.165, 1.54) is 5.56 Å². The Kier molecular flexibility index (Phi) is 0.987. The molecular formula is C10H7O2+. The van der Waals surface area contributed by atoms with Crippen LogP contribution in [0.2, 0.25) is 0 Å². The Morgan fingerprint density at radius 1 is 1.25 bits per heavy atom. The second kappa shape index (κ2) is 1.97. The average molecular weight is 159 g/mol. The summed E-state index contributed by atoms with van der Waals surface area (Å²) in [7, 11) is 0. The molecule has 0 bridgehead atoms. The largest absolute Gasteiger partial charge is 0.488 e. The maximum absolute atomic E-state index is 5.45. The Labute approximate surface area is 69.4 Å². The second-order valence-electron chi connectivity index (χ2n) is 2.86. The highest BCUT2D eigenvalue weighted by atomic mass is 16.5. The standard InChI is InChI=1S/C10H7O2/c1-2-8-10-7(4-5-11-8)6-12-9(10)3-1/h1-5H,6H2/q+1. The van der Waals surface area contributed by atoms with Crippen LogP contribution < -0.4 is 4.74 Å². The first kappa shape index (κ1) is 6.00. The van der Waals surface area contributed by atoms with Crippen molar-refractivity contribution >= 4 is 11.0 Å². The molecule has 0 saturated carbocycles. The van der Waals surface area contributed by atoms with E-state index in [0.29, 0.717) is 6.61 Å². The van der Waals surface area contributed by atoms with Crippen molar-refractivity contribution in [3.63, 3.8) is 0 Å². The monoisotopic (exact) mass is 159 g/mol. The first-order valence-corrected chi connectivity index (χ1v) is 3.90. The number of hydrogen-bond acceptors (Lipinski definition) is 1. The fraction of sp³-hybridized carbons (Fsp3) is 0.100. The van der Waals surface area contributed by atoms with Crippen LogP contribution in [-0.2, 0) is 6.61 Å². The molecule has 1 aliphatic heterocycles. The zero-order valence-corrected chi connectivity index (χ0v) is 6.41. The van der Waals surface area contributed by atoms with Crippen LogP contribution in [0.25, 0.3) is 11.0 Å². The predicted molar refractivity (Wildman–Crippen MR) is 45.0 cm³/mol. The topological polar surface area (TPSA) is 20.5 Å². The van der Waals surface area contributed by atoms with E-state index in [4.69, 9.17) is 9.15 Å². The Morgan fingerprint density at radius 3 is 3.25 bits per heavy atom. The highest BCUT2D eigenvalue weighted by Gasteiger charge is 2.20. The molecule has 0 amide bonds. The second-order valence-corrected chi connectivity index (χ2v) is 2.86. The quantitative estimate of drug-likeness (QED) is 0.551. The number of hydrogen-bond donors (Lipinski definition) is 0. The third kappa shape index (κ3) is 0.619. The molecule has 2 nitrogen and oxygen atoms in total. The van der Waals surface area contributed by atoms with Crippen molar-refractivity contribution in [2.45, 2.75) is 6.61 Å². The maximum atomic E-state index is 5.45. The Balaban J connectivity index is 2.58. The molecule has 58 valence electrons. The Morgan fingerprint density at radius 2 is 2.25 bits per heavy atom. The lowest BCUT2D eigenvalue weighted by Gasteiger charge is -1.91. The van der Waals surface area contributed by atoms with Crippen molar-refractivity contribution in [2.24, 2.45) is 0 Å². The van der Waals surface area contributed by atoms with Crippen molar-refractivity contribution in [3.8, 4) is 5.75 Å². The summed E-state index contributed by atoms with van der Waals surface area (Å²) in [6.45, 7) is 0.673. The number of rotatable bonds is 0. The first-order chi connectivity index (χ1) is 5.95. The van der Waals surface area contributed by atoms with Gasteiger partial charge in [0.1, 0.15) is 17.7 Å². The van der Waals surface area contributed by atoms with Gasteiger partial charge in [-0.2, -0.15) is 0 Å². The molecule has 0 fully saturated rings. The minimum absolute atomic E-state index is 0.673. The summed E-state index contributed by atoms with van der Waals surface area (Å²) < 4.78 is 10.8. The van der Waals surface area contributed by atoms with E-state index in [0.717, 1.165) is 16.7 Å². The smallest absolute Gasteiger partial charge is 0.363 e. The van der Waals surface area contributed by atoms with Crippen LogP contribution in [0.3, 0.4) is 0 Å². The molecule has 2 heterocycles. The molecule has 1 aromatic heterocycles. The highest BCUT2D eigenvalue weighted by molar-refractivity contribution is 5.88. The van der Waals surface area contributed by atoms with Crippen molar-refractivity contribution in [3.05, 3.63) is 36.1 Å². The normalized spacial score (nSPS) is 13.3. The molecule has 2 aromatic rings. The summed E-state index contributed by atoms with van der Waals surface area (Å²) in [4.78, 5) is 0. The third-order valence-corrected chi connectivity index (χ3v) is 2.16. The van der Waals surface area contributed by atoms with E-state index in [9.17, 15) is 0 Å². The van der Waals surface area contributed by atoms with E-state index in [2.05, 4.69) is 0 Å². The van der Waals surface area contributed by atoms with E-state index >= 15 is 0 Å². The molecule has 3 rings (SSSR count). The fourth-order valence-corrected chi connectivity index (χ4v) is 1.59. The summed E-state index contributed by atoms with van der Waals surface area (Å²) in [5, 5.41) is 1.12. The van der Waals surface area contributed by atoms with Gasteiger partial charge in [0.15, 0.2) is 0 Å². The van der Waals surface area contributed by atoms with Gasteiger partial charge in [0.25, 0.3) is 0 Å². The van der Waals surface area contributed by atoms with Crippen LogP contribution >= 0.6 is 0 Å². The summed E-state index contributed by atoms with van der Waals surface area (Å²) >= 11 is 0. The number of ether oxygens (including phenoxy) is 1. The van der Waals surface area contributed by atoms with Gasteiger partial charge in [-0.1, -0.05) is 0 Å². The molecule has 2 heteroatoms. The van der Waals surface area contributed by atoms with Gasteiger partial charge >= 0.3 is 11.8 Å². The summed E-state index contributed by atoms with van der Waals surface area (Å²) in [6, 6.07) is 7.82. The van der Waals surface area contributed by atoms with Gasteiger partial charge < -0.3 is 4.74 Å². The van der Waals surface area contributed by atoms with Crippen LogP contribution in [0, 0.1) is 0 Å². The SMILES string of the molecule is c1cc2c3c(cc[o+]c3c1)CO2. The third-order valence-electron chi connectivity index (χ3n) is 2.16. The fourth-order valence-electron chi connectivity index (χ4n) is 1.59. The van der Waals surface area contributed by atoms with Crippen molar-refractivity contribution in [1.29, 1.82) is 0 Å². The summed E-state index contributed by atoms with van der Waals surface area (Å²) in [6.07, 6.45) is 1.70. The van der Waals surface area contributed by atoms with Crippen molar-refractivity contribution in [2.75, 3.05) is 0 Å². The lowest BCUT2D eigenvalue weighted by molar-refractivity contribution is 0.327. The molecule has 0 aliphatic carbocycles. The summed E-state index contributed by atoms with van der Waals surface area (Å²) in [5.74, 6) is 0.937. The van der Waals surface area contributed by atoms with Gasteiger partial charge in [-0.05, 0) is 12.1 Å². The lowest BCUT2D eigenvalue weighted by Crippen LogP contribution is -1.83.